The van der Waals surface area contributed by atoms with Gasteiger partial charge in [-0.05, 0) is 59.7 Å². The van der Waals surface area contributed by atoms with Gasteiger partial charge < -0.3 is 19.4 Å². The third kappa shape index (κ3) is 5.12. The Morgan fingerprint density at radius 2 is 1.97 bits per heavy atom. The highest BCUT2D eigenvalue weighted by Gasteiger charge is 2.41. The fraction of sp³-hybridized carbons (Fsp3) is 0.182. The minimum absolute atomic E-state index is 0.0445. The molecule has 1 aliphatic heterocycles. The third-order valence-electron chi connectivity index (χ3n) is 4.56. The lowest BCUT2D eigenvalue weighted by Gasteiger charge is -2.18. The van der Waals surface area contributed by atoms with E-state index in [-0.39, 0.29) is 22.1 Å². The lowest BCUT2D eigenvalue weighted by atomic mass is 10.1. The second kappa shape index (κ2) is 9.88. The van der Waals surface area contributed by atoms with E-state index in [4.69, 9.17) is 16.3 Å². The predicted octanol–water partition coefficient (Wildman–Crippen LogP) is 2.88. The maximum absolute atomic E-state index is 12.6. The summed E-state index contributed by atoms with van der Waals surface area (Å²) in [6.07, 6.45) is 1.49. The van der Waals surface area contributed by atoms with Gasteiger partial charge in [0.15, 0.2) is 0 Å². The topological polar surface area (TPSA) is 113 Å². The van der Waals surface area contributed by atoms with E-state index >= 15 is 0 Å². The first-order chi connectivity index (χ1) is 15.2. The summed E-state index contributed by atoms with van der Waals surface area (Å²) in [7, 11) is 1.18. The molecule has 0 N–H and O–H groups in total. The van der Waals surface area contributed by atoms with E-state index in [9.17, 15) is 24.3 Å². The maximum Gasteiger partial charge on any atom is 0.328 e. The van der Waals surface area contributed by atoms with Crippen molar-refractivity contribution in [1.29, 1.82) is 0 Å². The van der Waals surface area contributed by atoms with Crippen LogP contribution in [0.4, 0.5) is 4.79 Å². The molecular weight excluding hydrogens is 458 g/mol. The molecule has 10 heteroatoms. The monoisotopic (exact) mass is 474 g/mol. The van der Waals surface area contributed by atoms with Gasteiger partial charge in [-0.1, -0.05) is 35.9 Å². The molecule has 0 radical (unpaired) electrons. The number of benzene rings is 2. The quantitative estimate of drug-likeness (QED) is 0.444. The van der Waals surface area contributed by atoms with Gasteiger partial charge in [0.1, 0.15) is 18.4 Å². The average molecular weight is 475 g/mol. The summed E-state index contributed by atoms with van der Waals surface area (Å²) < 4.78 is 10.3. The third-order valence-corrected chi connectivity index (χ3v) is 5.74. The van der Waals surface area contributed by atoms with Gasteiger partial charge in [-0.25, -0.2) is 4.79 Å². The molecule has 0 spiro atoms. The Kier molecular flexibility index (Phi) is 7.22. The van der Waals surface area contributed by atoms with Crippen LogP contribution >= 0.6 is 23.4 Å². The van der Waals surface area contributed by atoms with Gasteiger partial charge >= 0.3 is 5.97 Å². The molecule has 0 aliphatic carbocycles. The minimum Gasteiger partial charge on any atom is -0.545 e. The van der Waals surface area contributed by atoms with Crippen LogP contribution in [0.1, 0.15) is 28.4 Å². The molecule has 0 aromatic heterocycles. The highest BCUT2D eigenvalue weighted by molar-refractivity contribution is 8.18. The second-order valence-corrected chi connectivity index (χ2v) is 8.12. The number of imide groups is 1. The Morgan fingerprint density at radius 3 is 2.62 bits per heavy atom. The summed E-state index contributed by atoms with van der Waals surface area (Å²) in [6.45, 7) is 1.50. The van der Waals surface area contributed by atoms with Crippen molar-refractivity contribution < 1.29 is 33.8 Å². The highest BCUT2D eigenvalue weighted by Crippen LogP contribution is 2.35. The van der Waals surface area contributed by atoms with E-state index in [1.165, 1.54) is 32.2 Å². The normalized spacial score (nSPS) is 15.7. The standard InChI is InChI=1S/C22H18ClNO7S/c1-12(21(28)30-2)24-19(25)18(32-22(24)29)10-13-6-7-17(16(23)9-13)31-11-14-4-3-5-15(8-14)20(26)27/h3-10,12H,11H2,1-2H3,(H,26,27)/p-1/b18-10+/t12-/m1/s1. The van der Waals surface area contributed by atoms with Gasteiger partial charge in [-0.2, -0.15) is 0 Å². The van der Waals surface area contributed by atoms with Crippen LogP contribution in [0.25, 0.3) is 6.08 Å². The van der Waals surface area contributed by atoms with Crippen LogP contribution < -0.4 is 9.84 Å². The molecule has 0 unspecified atom stereocenters. The number of hydrogen-bond acceptors (Lipinski definition) is 8. The van der Waals surface area contributed by atoms with E-state index in [1.807, 2.05) is 0 Å². The lowest BCUT2D eigenvalue weighted by Crippen LogP contribution is -2.42. The number of thioether (sulfide) groups is 1. The molecule has 2 aromatic carbocycles. The van der Waals surface area contributed by atoms with Crippen LogP contribution in [-0.4, -0.2) is 41.1 Å². The molecule has 0 saturated carbocycles. The van der Waals surface area contributed by atoms with Gasteiger partial charge in [0, 0.05) is 0 Å². The number of methoxy groups -OCH3 is 1. The van der Waals surface area contributed by atoms with Crippen LogP contribution in [0.3, 0.4) is 0 Å². The first-order valence-electron chi connectivity index (χ1n) is 9.28. The van der Waals surface area contributed by atoms with Crippen molar-refractivity contribution in [3.63, 3.8) is 0 Å². The number of aromatic carboxylic acids is 1. The van der Waals surface area contributed by atoms with Crippen LogP contribution in [-0.2, 0) is 20.9 Å². The molecule has 8 nitrogen and oxygen atoms in total. The van der Waals surface area contributed by atoms with E-state index in [1.54, 1.807) is 30.3 Å². The Labute approximate surface area is 192 Å². The first-order valence-corrected chi connectivity index (χ1v) is 10.5. The second-order valence-electron chi connectivity index (χ2n) is 6.72. The van der Waals surface area contributed by atoms with Crippen molar-refractivity contribution in [2.45, 2.75) is 19.6 Å². The van der Waals surface area contributed by atoms with Crippen molar-refractivity contribution in [3.05, 3.63) is 69.1 Å². The highest BCUT2D eigenvalue weighted by atomic mass is 35.5. The van der Waals surface area contributed by atoms with Gasteiger partial charge in [-0.15, -0.1) is 0 Å². The van der Waals surface area contributed by atoms with Crippen molar-refractivity contribution >= 4 is 52.5 Å². The molecule has 2 aromatic rings. The maximum atomic E-state index is 12.6. The lowest BCUT2D eigenvalue weighted by molar-refractivity contribution is -0.255. The summed E-state index contributed by atoms with van der Waals surface area (Å²) in [4.78, 5) is 48.4. The van der Waals surface area contributed by atoms with Crippen molar-refractivity contribution in [1.82, 2.24) is 4.90 Å². The van der Waals surface area contributed by atoms with E-state index in [0.717, 1.165) is 16.7 Å². The number of carbonyl (C=O) groups excluding carboxylic acids is 4. The number of amides is 2. The summed E-state index contributed by atoms with van der Waals surface area (Å²) in [6, 6.07) is 9.94. The van der Waals surface area contributed by atoms with Crippen LogP contribution in [0.2, 0.25) is 5.02 Å². The first kappa shape index (κ1) is 23.4. The van der Waals surface area contributed by atoms with Gasteiger partial charge in [0.25, 0.3) is 11.1 Å². The summed E-state index contributed by atoms with van der Waals surface area (Å²) in [5.74, 6) is -2.21. The zero-order valence-electron chi connectivity index (χ0n) is 17.0. The Balaban J connectivity index is 1.72. The molecule has 1 saturated heterocycles. The zero-order chi connectivity index (χ0) is 23.4. The number of esters is 1. The molecule has 1 aliphatic rings. The number of carboxylic acid groups (broad SMARTS) is 1. The summed E-state index contributed by atoms with van der Waals surface area (Å²) in [5, 5.41) is 10.7. The Bertz CT molecular complexity index is 1130. The minimum atomic E-state index is -1.28. The Hall–Kier alpha value is -3.30. The number of ether oxygens (including phenoxy) is 2. The van der Waals surface area contributed by atoms with E-state index in [2.05, 4.69) is 4.74 Å². The molecular formula is C22H17ClNO7S-. The zero-order valence-corrected chi connectivity index (χ0v) is 18.6. The predicted molar refractivity (Wildman–Crippen MR) is 116 cm³/mol. The van der Waals surface area contributed by atoms with Gasteiger partial charge in [-0.3, -0.25) is 14.5 Å². The SMILES string of the molecule is COC(=O)[C@@H](C)N1C(=O)S/C(=C/c2ccc(OCc3cccc(C(=O)[O-])c3)c(Cl)c2)C1=O. The van der Waals surface area contributed by atoms with Crippen molar-refractivity contribution in [2.24, 2.45) is 0 Å². The van der Waals surface area contributed by atoms with E-state index in [0.29, 0.717) is 16.9 Å². The Morgan fingerprint density at radius 1 is 1.22 bits per heavy atom. The average Bonchev–Trinajstić information content (AvgIpc) is 3.04. The number of carboxylic acids is 1. The van der Waals surface area contributed by atoms with Gasteiger partial charge in [0.2, 0.25) is 0 Å². The van der Waals surface area contributed by atoms with Crippen LogP contribution in [0, 0.1) is 0 Å². The molecule has 2 amide bonds. The smallest absolute Gasteiger partial charge is 0.328 e. The molecule has 166 valence electrons. The fourth-order valence-corrected chi connectivity index (χ4v) is 4.07. The molecule has 1 heterocycles. The largest absolute Gasteiger partial charge is 0.545 e. The van der Waals surface area contributed by atoms with Crippen LogP contribution in [0.5, 0.6) is 5.75 Å². The number of hydrogen-bond donors (Lipinski definition) is 0. The van der Waals surface area contributed by atoms with Crippen molar-refractivity contribution in [2.75, 3.05) is 7.11 Å². The van der Waals surface area contributed by atoms with Gasteiger partial charge in [0.05, 0.1) is 23.0 Å². The summed E-state index contributed by atoms with van der Waals surface area (Å²) >= 11 is 7.00. The fourth-order valence-electron chi connectivity index (χ4n) is 2.91. The van der Waals surface area contributed by atoms with Crippen LogP contribution in [0.15, 0.2) is 47.4 Å². The molecule has 32 heavy (non-hydrogen) atoms. The number of carbonyl (C=O) groups is 4. The summed E-state index contributed by atoms with van der Waals surface area (Å²) in [5.41, 5.74) is 1.22. The molecule has 0 bridgehead atoms. The molecule has 1 atom stereocenters. The van der Waals surface area contributed by atoms with Crippen molar-refractivity contribution in [3.8, 4) is 5.75 Å². The molecule has 3 rings (SSSR count). The number of rotatable bonds is 7. The van der Waals surface area contributed by atoms with E-state index < -0.39 is 29.1 Å². The number of halogens is 1. The molecule has 1 fully saturated rings. The number of nitrogens with zero attached hydrogens (tertiary/aromatic N) is 1.